The number of unbranched alkanes of at least 4 members (excludes halogenated alkanes) is 1. The van der Waals surface area contributed by atoms with Crippen LogP contribution in [-0.4, -0.2) is 10.2 Å². The second-order valence-corrected chi connectivity index (χ2v) is 9.32. The van der Waals surface area contributed by atoms with Crippen LogP contribution >= 0.6 is 0 Å². The molecule has 4 rings (SSSR count). The van der Waals surface area contributed by atoms with Crippen LogP contribution in [0.1, 0.15) is 44.4 Å². The van der Waals surface area contributed by atoms with Crippen molar-refractivity contribution in [2.24, 2.45) is 11.5 Å². The van der Waals surface area contributed by atoms with E-state index in [-0.39, 0.29) is 0 Å². The number of nitrogens with two attached hydrogens (primary N) is 2. The third-order valence-corrected chi connectivity index (χ3v) is 6.74. The molecule has 1 heterocycles. The summed E-state index contributed by atoms with van der Waals surface area (Å²) < 4.78 is 0. The topological polar surface area (TPSA) is 77.8 Å². The van der Waals surface area contributed by atoms with E-state index in [9.17, 15) is 0 Å². The molecule has 0 bridgehead atoms. The van der Waals surface area contributed by atoms with Gasteiger partial charge in [-0.1, -0.05) is 124 Å². The number of allylic oxidation sites excluding steroid dienone is 4. The summed E-state index contributed by atoms with van der Waals surface area (Å²) in [6.45, 7) is 12.2. The number of rotatable bonds is 9. The van der Waals surface area contributed by atoms with Gasteiger partial charge in [0.2, 0.25) is 0 Å². The van der Waals surface area contributed by atoms with Crippen molar-refractivity contribution in [1.82, 2.24) is 10.2 Å². The maximum atomic E-state index is 6.82. The van der Waals surface area contributed by atoms with Gasteiger partial charge in [-0.3, -0.25) is 0 Å². The highest BCUT2D eigenvalue weighted by Crippen LogP contribution is 2.31. The average molecular weight is 513 g/mol. The Balaban J connectivity index is 1.92. The van der Waals surface area contributed by atoms with Gasteiger partial charge >= 0.3 is 0 Å². The number of benzene rings is 3. The number of nitrogens with zero attached hydrogens (tertiary/aromatic N) is 2. The molecule has 0 unspecified atom stereocenters. The van der Waals surface area contributed by atoms with Crippen molar-refractivity contribution < 1.29 is 0 Å². The maximum Gasteiger partial charge on any atom is 0.101 e. The molecule has 0 saturated carbocycles. The summed E-state index contributed by atoms with van der Waals surface area (Å²) >= 11 is 0. The van der Waals surface area contributed by atoms with E-state index < -0.39 is 0 Å². The summed E-state index contributed by atoms with van der Waals surface area (Å²) in [5.74, 6) is 0. The predicted octanol–water partition coefficient (Wildman–Crippen LogP) is 6.37. The number of hydrogen-bond acceptors (Lipinski definition) is 4. The van der Waals surface area contributed by atoms with Crippen molar-refractivity contribution in [1.29, 1.82) is 0 Å². The molecule has 0 radical (unpaired) electrons. The minimum absolute atomic E-state index is 0.642. The molecule has 4 N–H and O–H groups in total. The lowest BCUT2D eigenvalue weighted by atomic mass is 9.98. The summed E-state index contributed by atoms with van der Waals surface area (Å²) in [5.41, 5.74) is 20.1. The van der Waals surface area contributed by atoms with Gasteiger partial charge in [0.15, 0.2) is 0 Å². The lowest BCUT2D eigenvalue weighted by Gasteiger charge is -2.12. The molecule has 0 saturated heterocycles. The molecule has 0 aliphatic rings. The molecule has 4 aromatic rings. The number of hydrogen-bond donors (Lipinski definition) is 2. The zero-order valence-corrected chi connectivity index (χ0v) is 22.8. The zero-order valence-electron chi connectivity index (χ0n) is 22.8. The van der Waals surface area contributed by atoms with Crippen LogP contribution in [0, 0.1) is 0 Å². The molecule has 0 atom stereocenters. The van der Waals surface area contributed by atoms with Crippen molar-refractivity contribution in [3.05, 3.63) is 138 Å². The smallest absolute Gasteiger partial charge is 0.101 e. The molecule has 4 nitrogen and oxygen atoms in total. The highest BCUT2D eigenvalue weighted by atomic mass is 15.1. The molecule has 1 aromatic heterocycles. The largest absolute Gasteiger partial charge is 0.398 e. The van der Waals surface area contributed by atoms with Crippen LogP contribution in [-0.2, 0) is 0 Å². The highest BCUT2D eigenvalue weighted by molar-refractivity contribution is 6.00. The Hall–Kier alpha value is -4.70. The molecule has 0 aliphatic heterocycles. The molecular weight excluding hydrogens is 476 g/mol. The predicted molar refractivity (Wildman–Crippen MR) is 167 cm³/mol. The fraction of sp³-hybridized carbons (Fsp3) is 0.143. The highest BCUT2D eigenvalue weighted by Gasteiger charge is 2.13. The minimum atomic E-state index is 0.642. The second kappa shape index (κ2) is 12.7. The van der Waals surface area contributed by atoms with Crippen LogP contribution in [0.3, 0.4) is 0 Å². The van der Waals surface area contributed by atoms with Crippen LogP contribution in [0.4, 0.5) is 0 Å². The first-order valence-electron chi connectivity index (χ1n) is 13.4. The average Bonchev–Trinajstić information content (AvgIpc) is 2.99. The van der Waals surface area contributed by atoms with E-state index in [1.807, 2.05) is 60.7 Å². The quantitative estimate of drug-likeness (QED) is 0.255. The van der Waals surface area contributed by atoms with E-state index in [0.29, 0.717) is 11.4 Å². The minimum Gasteiger partial charge on any atom is -0.398 e. The Morgan fingerprint density at radius 2 is 1.51 bits per heavy atom. The third kappa shape index (κ3) is 5.75. The van der Waals surface area contributed by atoms with E-state index in [4.69, 9.17) is 11.5 Å². The zero-order chi connectivity index (χ0) is 27.8. The van der Waals surface area contributed by atoms with Crippen LogP contribution in [0.25, 0.3) is 39.0 Å². The van der Waals surface area contributed by atoms with Crippen LogP contribution < -0.4 is 21.9 Å². The molecule has 3 aromatic carbocycles. The van der Waals surface area contributed by atoms with Crippen molar-refractivity contribution in [3.8, 4) is 11.3 Å². The Morgan fingerprint density at radius 1 is 0.795 bits per heavy atom. The Bertz CT molecular complexity index is 1710. The van der Waals surface area contributed by atoms with Crippen LogP contribution in [0.5, 0.6) is 0 Å². The van der Waals surface area contributed by atoms with Crippen molar-refractivity contribution in [2.75, 3.05) is 0 Å². The normalized spacial score (nSPS) is 13.7. The molecule has 4 heteroatoms. The van der Waals surface area contributed by atoms with Crippen LogP contribution in [0.2, 0.25) is 0 Å². The summed E-state index contributed by atoms with van der Waals surface area (Å²) in [6, 6.07) is 24.3. The summed E-state index contributed by atoms with van der Waals surface area (Å²) in [6.07, 6.45) is 10.7. The lowest BCUT2D eigenvalue weighted by molar-refractivity contribution is 0.955. The summed E-state index contributed by atoms with van der Waals surface area (Å²) in [5, 5.41) is 13.1. The van der Waals surface area contributed by atoms with E-state index in [1.165, 1.54) is 0 Å². The van der Waals surface area contributed by atoms with E-state index in [2.05, 4.69) is 67.6 Å². The van der Waals surface area contributed by atoms with Gasteiger partial charge in [-0.2, -0.15) is 0 Å². The van der Waals surface area contributed by atoms with Gasteiger partial charge in [0.05, 0.1) is 0 Å². The van der Waals surface area contributed by atoms with E-state index in [1.54, 1.807) is 6.08 Å². The molecule has 0 amide bonds. The van der Waals surface area contributed by atoms with Gasteiger partial charge in [0.25, 0.3) is 0 Å². The van der Waals surface area contributed by atoms with Crippen molar-refractivity contribution >= 4 is 27.7 Å². The Kier molecular flexibility index (Phi) is 8.90. The fourth-order valence-corrected chi connectivity index (χ4v) is 4.73. The monoisotopic (exact) mass is 512 g/mol. The fourth-order valence-electron chi connectivity index (χ4n) is 4.73. The summed E-state index contributed by atoms with van der Waals surface area (Å²) in [4.78, 5) is 0. The van der Waals surface area contributed by atoms with Gasteiger partial charge in [0, 0.05) is 38.2 Å². The maximum absolute atomic E-state index is 6.82. The second-order valence-electron chi connectivity index (χ2n) is 9.32. The van der Waals surface area contributed by atoms with Crippen LogP contribution in [0.15, 0.2) is 116 Å². The summed E-state index contributed by atoms with van der Waals surface area (Å²) in [7, 11) is 0. The lowest BCUT2D eigenvalue weighted by Crippen LogP contribution is -2.34. The standard InChI is InChI=1S/C35H36N4/c1-5-9-16-24(7-3)32(36)28-19-10-11-20-29(28)33(37)26-17-14-18-27(23-26)35-31-22-13-12-21-30(31)34(38-39-35)25(8-4)15-6-2/h7-8,10-23H,3-6,9,36-37H2,1-2H3/b24-16+,25-15+,32-28-,33-29-. The molecule has 39 heavy (non-hydrogen) atoms. The molecule has 0 fully saturated rings. The first-order chi connectivity index (χ1) is 19.0. The molecule has 0 spiro atoms. The van der Waals surface area contributed by atoms with Gasteiger partial charge in [0.1, 0.15) is 11.4 Å². The van der Waals surface area contributed by atoms with Crippen molar-refractivity contribution in [2.45, 2.75) is 33.1 Å². The van der Waals surface area contributed by atoms with E-state index in [0.717, 1.165) is 74.1 Å². The first kappa shape index (κ1) is 27.3. The van der Waals surface area contributed by atoms with Gasteiger partial charge in [-0.05, 0) is 35.6 Å². The number of aromatic nitrogens is 2. The Labute approximate surface area is 231 Å². The molecule has 196 valence electrons. The van der Waals surface area contributed by atoms with Gasteiger partial charge in [-0.15, -0.1) is 10.2 Å². The SMILES string of the molecule is C=CC(=C\CCC)/C(N)=c1\cccc\c1=C(\N)c1cccc(-c2nnc(/C(C=C)=C/CC)c3ccccc23)c1. The molecular formula is C35H36N4. The Morgan fingerprint density at radius 3 is 2.21 bits per heavy atom. The van der Waals surface area contributed by atoms with E-state index >= 15 is 0 Å². The van der Waals surface area contributed by atoms with Gasteiger partial charge < -0.3 is 11.5 Å². The number of fused-ring (bicyclic) bond motifs is 1. The molecule has 0 aliphatic carbocycles. The first-order valence-corrected chi connectivity index (χ1v) is 13.4. The third-order valence-electron chi connectivity index (χ3n) is 6.74. The van der Waals surface area contributed by atoms with Gasteiger partial charge in [-0.25, -0.2) is 0 Å². The van der Waals surface area contributed by atoms with Crippen molar-refractivity contribution in [3.63, 3.8) is 0 Å².